The minimum absolute atomic E-state index is 0.749. The van der Waals surface area contributed by atoms with Crippen LogP contribution in [0, 0.1) is 0 Å². The second-order valence-corrected chi connectivity index (χ2v) is 10.5. The Morgan fingerprint density at radius 1 is 0.907 bits per heavy atom. The van der Waals surface area contributed by atoms with Gasteiger partial charge >= 0.3 is 5.97 Å². The maximum Gasteiger partial charge on any atom is 0.364 e. The lowest BCUT2D eigenvalue weighted by Crippen LogP contribution is -2.70. The maximum absolute atomic E-state index is 12.5. The smallest absolute Gasteiger partial charge is 0.364 e. The molecule has 3 aliphatic heterocycles. The third kappa shape index (κ3) is 7.41. The lowest BCUT2D eigenvalue weighted by molar-refractivity contribution is -0.385. The molecule has 0 saturated carbocycles. The van der Waals surface area contributed by atoms with Gasteiger partial charge in [0.2, 0.25) is 5.91 Å². The number of aliphatic hydroxyl groups is 11. The Hall–Kier alpha value is -1.70. The summed E-state index contributed by atoms with van der Waals surface area (Å²) in [5.41, 5.74) is 0. The molecule has 250 valence electrons. The molecule has 0 spiro atoms. The van der Waals surface area contributed by atoms with Crippen LogP contribution in [0.3, 0.4) is 0 Å². The summed E-state index contributed by atoms with van der Waals surface area (Å²) in [6.45, 7) is -1.85. The summed E-state index contributed by atoms with van der Waals surface area (Å²) in [7, 11) is 0. The van der Waals surface area contributed by atoms with Crippen LogP contribution in [0.5, 0.6) is 0 Å². The molecule has 0 bridgehead atoms. The highest BCUT2D eigenvalue weighted by Gasteiger charge is 2.60. The van der Waals surface area contributed by atoms with Crippen molar-refractivity contribution in [2.45, 2.75) is 111 Å². The van der Waals surface area contributed by atoms with Gasteiger partial charge in [-0.2, -0.15) is 0 Å². The van der Waals surface area contributed by atoms with E-state index in [0.717, 1.165) is 6.92 Å². The van der Waals surface area contributed by atoms with E-state index in [-0.39, 0.29) is 0 Å². The van der Waals surface area contributed by atoms with Gasteiger partial charge in [0.25, 0.3) is 5.79 Å². The minimum atomic E-state index is -3.02. The predicted octanol–water partition coefficient (Wildman–Crippen LogP) is -8.22. The van der Waals surface area contributed by atoms with Crippen molar-refractivity contribution in [3.05, 3.63) is 0 Å². The largest absolute Gasteiger partial charge is 0.477 e. The minimum Gasteiger partial charge on any atom is -0.477 e. The highest BCUT2D eigenvalue weighted by molar-refractivity contribution is 5.76. The lowest BCUT2D eigenvalue weighted by Gasteiger charge is -2.50. The average molecular weight is 634 g/mol. The maximum atomic E-state index is 12.5. The van der Waals surface area contributed by atoms with Crippen molar-refractivity contribution in [3.8, 4) is 0 Å². The summed E-state index contributed by atoms with van der Waals surface area (Å²) >= 11 is 0. The van der Waals surface area contributed by atoms with Gasteiger partial charge in [-0.05, 0) is 0 Å². The fourth-order valence-electron chi connectivity index (χ4n) is 5.16. The Morgan fingerprint density at radius 2 is 1.53 bits per heavy atom. The van der Waals surface area contributed by atoms with Crippen LogP contribution in [-0.4, -0.2) is 191 Å². The van der Waals surface area contributed by atoms with Gasteiger partial charge in [0.15, 0.2) is 12.6 Å². The van der Waals surface area contributed by atoms with Crippen molar-refractivity contribution in [2.24, 2.45) is 0 Å². The topological polar surface area (TPSA) is 335 Å². The van der Waals surface area contributed by atoms with Crippen molar-refractivity contribution in [3.63, 3.8) is 0 Å². The molecular weight excluding hydrogens is 594 g/mol. The summed E-state index contributed by atoms with van der Waals surface area (Å²) in [5, 5.41) is 124. The van der Waals surface area contributed by atoms with Crippen molar-refractivity contribution >= 4 is 11.9 Å². The molecule has 16 atom stereocenters. The van der Waals surface area contributed by atoms with E-state index in [0.29, 0.717) is 0 Å². The zero-order valence-corrected chi connectivity index (χ0v) is 22.7. The number of hydrogen-bond acceptors (Lipinski definition) is 18. The first-order valence-corrected chi connectivity index (χ1v) is 13.2. The summed E-state index contributed by atoms with van der Waals surface area (Å²) in [6.07, 6.45) is -27.8. The molecule has 0 aliphatic carbocycles. The molecule has 3 heterocycles. The molecule has 3 aliphatic rings. The van der Waals surface area contributed by atoms with E-state index >= 15 is 0 Å². The SMILES string of the molecule is CC(=O)N[C@@H]1C(O)C[C@](OC2[C@H](O)C(O[C@@H]3C(CO)O[C@@H](O)C(O)C3O)OC(CO)[C@@H]2O)(C(=O)O)OC1[C@H](O)[C@H](O)CO. The van der Waals surface area contributed by atoms with E-state index in [1.54, 1.807) is 0 Å². The van der Waals surface area contributed by atoms with E-state index < -0.39 is 136 Å². The molecule has 0 aromatic rings. The van der Waals surface area contributed by atoms with Crippen molar-refractivity contribution in [1.82, 2.24) is 5.32 Å². The van der Waals surface area contributed by atoms with Gasteiger partial charge in [0, 0.05) is 13.3 Å². The monoisotopic (exact) mass is 633 g/mol. The Bertz CT molecular complexity index is 942. The van der Waals surface area contributed by atoms with Gasteiger partial charge < -0.3 is 90.3 Å². The number of ether oxygens (including phenoxy) is 5. The molecule has 0 aromatic carbocycles. The summed E-state index contributed by atoms with van der Waals surface area (Å²) in [4.78, 5) is 24.3. The number of aliphatic carboxylic acids is 1. The van der Waals surface area contributed by atoms with Crippen LogP contribution in [0.15, 0.2) is 0 Å². The van der Waals surface area contributed by atoms with Gasteiger partial charge in [-0.15, -0.1) is 0 Å². The molecule has 20 heteroatoms. The molecule has 8 unspecified atom stereocenters. The quantitative estimate of drug-likeness (QED) is 0.100. The number of carbonyl (C=O) groups is 2. The second kappa shape index (κ2) is 14.6. The van der Waals surface area contributed by atoms with Crippen LogP contribution in [0.4, 0.5) is 0 Å². The van der Waals surface area contributed by atoms with Gasteiger partial charge in [0.1, 0.15) is 67.1 Å². The number of carbonyl (C=O) groups excluding carboxylic acids is 1. The van der Waals surface area contributed by atoms with Crippen molar-refractivity contribution in [2.75, 3.05) is 19.8 Å². The van der Waals surface area contributed by atoms with Crippen molar-refractivity contribution < 1.29 is 94.6 Å². The zero-order valence-electron chi connectivity index (χ0n) is 22.7. The molecular formula is C23H39NO19. The molecule has 20 nitrogen and oxygen atoms in total. The Morgan fingerprint density at radius 3 is 2.07 bits per heavy atom. The van der Waals surface area contributed by atoms with Crippen LogP contribution >= 0.6 is 0 Å². The van der Waals surface area contributed by atoms with Crippen LogP contribution in [-0.2, 0) is 33.3 Å². The van der Waals surface area contributed by atoms with Crippen molar-refractivity contribution in [1.29, 1.82) is 0 Å². The van der Waals surface area contributed by atoms with E-state index in [4.69, 9.17) is 23.7 Å². The van der Waals surface area contributed by atoms with Gasteiger partial charge in [-0.1, -0.05) is 0 Å². The Kier molecular flexibility index (Phi) is 12.1. The average Bonchev–Trinajstić information content (AvgIpc) is 2.96. The number of aliphatic hydroxyl groups excluding tert-OH is 11. The summed E-state index contributed by atoms with van der Waals surface area (Å²) < 4.78 is 26.8. The van der Waals surface area contributed by atoms with Crippen LogP contribution < -0.4 is 5.32 Å². The summed E-state index contributed by atoms with van der Waals surface area (Å²) in [5.74, 6) is -5.74. The number of hydrogen-bond donors (Lipinski definition) is 13. The van der Waals surface area contributed by atoms with E-state index in [9.17, 15) is 70.9 Å². The number of carboxylic acids is 1. The van der Waals surface area contributed by atoms with Crippen LogP contribution in [0.2, 0.25) is 0 Å². The first-order chi connectivity index (χ1) is 20.1. The molecule has 3 fully saturated rings. The Labute approximate surface area is 243 Å². The standard InChI is InChI=1S/C23H39NO19/c1-6(28)24-11-7(29)2-23(22(37)38,42-18(11)12(31)8(30)3-25)43-19-13(32)9(4-26)40-21(16(19)35)41-17-10(5-27)39-20(36)15(34)14(17)33/h7-21,25-27,29-36H,2-5H2,1H3,(H,24,28)(H,37,38)/t7?,8-,9?,10?,11-,12-,13+,14?,15?,16+,17-,18?,19?,20-,21?,23+/m1/s1. The first kappa shape index (κ1) is 35.8. The highest BCUT2D eigenvalue weighted by atomic mass is 16.8. The molecule has 43 heavy (non-hydrogen) atoms. The third-order valence-corrected chi connectivity index (χ3v) is 7.47. The van der Waals surface area contributed by atoms with Gasteiger partial charge in [-0.25, -0.2) is 4.79 Å². The first-order valence-electron chi connectivity index (χ1n) is 13.2. The Balaban J connectivity index is 1.94. The van der Waals surface area contributed by atoms with E-state index in [1.165, 1.54) is 0 Å². The fraction of sp³-hybridized carbons (Fsp3) is 0.913. The molecule has 0 radical (unpaired) electrons. The third-order valence-electron chi connectivity index (χ3n) is 7.47. The van der Waals surface area contributed by atoms with E-state index in [1.807, 2.05) is 0 Å². The molecule has 13 N–H and O–H groups in total. The number of nitrogens with one attached hydrogen (secondary N) is 1. The zero-order chi connectivity index (χ0) is 32.4. The highest BCUT2D eigenvalue weighted by Crippen LogP contribution is 2.38. The summed E-state index contributed by atoms with van der Waals surface area (Å²) in [6, 6.07) is -1.54. The number of rotatable bonds is 11. The van der Waals surface area contributed by atoms with Gasteiger partial charge in [0.05, 0.1) is 32.0 Å². The molecule has 3 saturated heterocycles. The normalized spacial score (nSPS) is 45.3. The molecule has 3 rings (SSSR count). The molecule has 0 aromatic heterocycles. The lowest BCUT2D eigenvalue weighted by atomic mass is 9.88. The predicted molar refractivity (Wildman–Crippen MR) is 130 cm³/mol. The van der Waals surface area contributed by atoms with Crippen LogP contribution in [0.25, 0.3) is 0 Å². The van der Waals surface area contributed by atoms with Gasteiger partial charge in [-0.3, -0.25) is 4.79 Å². The number of amides is 1. The molecule has 1 amide bonds. The van der Waals surface area contributed by atoms with Crippen LogP contribution in [0.1, 0.15) is 13.3 Å². The fourth-order valence-corrected chi connectivity index (χ4v) is 5.16. The number of carboxylic acid groups (broad SMARTS) is 1. The van der Waals surface area contributed by atoms with E-state index in [2.05, 4.69) is 5.32 Å². The second-order valence-electron chi connectivity index (χ2n) is 10.5.